The number of anilines is 1. The molecule has 11 heteroatoms. The topological polar surface area (TPSA) is 102 Å². The van der Waals surface area contributed by atoms with Crippen LogP contribution in [0.5, 0.6) is 0 Å². The van der Waals surface area contributed by atoms with Gasteiger partial charge in [0, 0.05) is 35.1 Å². The molecule has 1 aromatic carbocycles. The van der Waals surface area contributed by atoms with Crippen LogP contribution in [0.15, 0.2) is 24.5 Å². The van der Waals surface area contributed by atoms with Crippen LogP contribution >= 0.6 is 0 Å². The zero-order chi connectivity index (χ0) is 21.7. The number of carbonyl (C=O) groups excluding carboxylic acids is 2. The number of alkyl halides is 3. The fraction of sp³-hybridized carbons (Fsp3) is 0.316. The van der Waals surface area contributed by atoms with Crippen molar-refractivity contribution < 1.29 is 27.2 Å². The van der Waals surface area contributed by atoms with E-state index in [1.54, 1.807) is 0 Å². The first-order valence-corrected chi connectivity index (χ1v) is 8.93. The molecule has 2 heterocycles. The minimum atomic E-state index is -4.99. The Kier molecular flexibility index (Phi) is 4.45. The van der Waals surface area contributed by atoms with Gasteiger partial charge >= 0.3 is 12.2 Å². The average molecular weight is 421 g/mol. The number of imidazole rings is 1. The maximum atomic E-state index is 14.8. The van der Waals surface area contributed by atoms with Crippen molar-refractivity contribution in [2.45, 2.75) is 31.1 Å². The summed E-state index contributed by atoms with van der Waals surface area (Å²) in [5.74, 6) is 2.56. The molecule has 7 nitrogen and oxygen atoms in total. The van der Waals surface area contributed by atoms with Gasteiger partial charge < -0.3 is 20.9 Å². The largest absolute Gasteiger partial charge is 0.427 e. The van der Waals surface area contributed by atoms with Crippen LogP contribution in [0.25, 0.3) is 0 Å². The third-order valence-corrected chi connectivity index (χ3v) is 4.88. The fourth-order valence-electron chi connectivity index (χ4n) is 3.22. The zero-order valence-electron chi connectivity index (χ0n) is 15.3. The van der Waals surface area contributed by atoms with Crippen LogP contribution in [-0.2, 0) is 12.1 Å². The molecule has 0 bridgehead atoms. The lowest BCUT2D eigenvalue weighted by molar-refractivity contribution is -0.178. The highest BCUT2D eigenvalue weighted by molar-refractivity contribution is 5.95. The van der Waals surface area contributed by atoms with Crippen LogP contribution in [0.1, 0.15) is 34.6 Å². The summed E-state index contributed by atoms with van der Waals surface area (Å²) in [6, 6.07) is 0.684. The van der Waals surface area contributed by atoms with Crippen LogP contribution in [0, 0.1) is 23.6 Å². The van der Waals surface area contributed by atoms with Crippen molar-refractivity contribution in [2.75, 3.05) is 5.32 Å². The molecule has 1 aliphatic heterocycles. The highest BCUT2D eigenvalue weighted by Crippen LogP contribution is 2.45. The summed E-state index contributed by atoms with van der Waals surface area (Å²) in [4.78, 5) is 27.2. The molecule has 0 unspecified atom stereocenters. The summed E-state index contributed by atoms with van der Waals surface area (Å²) in [7, 11) is 0. The molecule has 1 aliphatic carbocycles. The third kappa shape index (κ3) is 3.34. The van der Waals surface area contributed by atoms with Gasteiger partial charge in [0.05, 0.1) is 6.54 Å². The first kappa shape index (κ1) is 19.8. The van der Waals surface area contributed by atoms with Gasteiger partial charge in [-0.25, -0.2) is 14.2 Å². The van der Waals surface area contributed by atoms with E-state index in [2.05, 4.69) is 22.1 Å². The van der Waals surface area contributed by atoms with E-state index in [1.165, 1.54) is 17.0 Å². The SMILES string of the molecule is NC(=O)c1nccn1Cc1cc2c(cc1F)[C@@](C#CC1CC1)(C(F)(F)F)NC(=O)N2. The fourth-order valence-corrected chi connectivity index (χ4v) is 3.22. The van der Waals surface area contributed by atoms with E-state index in [9.17, 15) is 27.2 Å². The predicted octanol–water partition coefficient (Wildman–Crippen LogP) is 2.48. The standard InChI is InChI=1S/C19H15F4N5O2/c20-13-8-12-14(7-11(13)9-28-6-5-25-16(28)15(24)29)26-17(30)27-18(12,19(21,22)23)4-3-10-1-2-10/h5-8,10H,1-2,9H2,(H2,24,29)(H2,26,27,30)/t18-/m0/s1. The first-order valence-electron chi connectivity index (χ1n) is 8.93. The molecular formula is C19H15F4N5O2. The Morgan fingerprint density at radius 2 is 2.10 bits per heavy atom. The van der Waals surface area contributed by atoms with Crippen molar-refractivity contribution in [1.29, 1.82) is 0 Å². The van der Waals surface area contributed by atoms with Crippen LogP contribution < -0.4 is 16.4 Å². The number of amides is 3. The second kappa shape index (κ2) is 6.76. The molecule has 4 rings (SSSR count). The minimum Gasteiger partial charge on any atom is -0.363 e. The van der Waals surface area contributed by atoms with E-state index in [-0.39, 0.29) is 29.5 Å². The van der Waals surface area contributed by atoms with Crippen molar-refractivity contribution in [1.82, 2.24) is 14.9 Å². The van der Waals surface area contributed by atoms with E-state index >= 15 is 0 Å². The number of nitrogens with one attached hydrogen (secondary N) is 2. The normalized spacial score (nSPS) is 20.5. The maximum absolute atomic E-state index is 14.8. The van der Waals surface area contributed by atoms with Gasteiger partial charge in [-0.05, 0) is 25.0 Å². The summed E-state index contributed by atoms with van der Waals surface area (Å²) in [5, 5.41) is 4.11. The highest BCUT2D eigenvalue weighted by Gasteiger charge is 2.59. The lowest BCUT2D eigenvalue weighted by Gasteiger charge is -2.37. The summed E-state index contributed by atoms with van der Waals surface area (Å²) in [6.45, 7) is -0.229. The van der Waals surface area contributed by atoms with Crippen molar-refractivity contribution in [3.05, 3.63) is 47.3 Å². The quantitative estimate of drug-likeness (QED) is 0.524. The van der Waals surface area contributed by atoms with E-state index in [0.29, 0.717) is 18.9 Å². The van der Waals surface area contributed by atoms with Crippen molar-refractivity contribution in [3.8, 4) is 11.8 Å². The van der Waals surface area contributed by atoms with Gasteiger partial charge in [-0.3, -0.25) is 4.79 Å². The number of aromatic nitrogens is 2. The molecule has 4 N–H and O–H groups in total. The average Bonchev–Trinajstić information content (AvgIpc) is 3.36. The molecule has 30 heavy (non-hydrogen) atoms. The lowest BCUT2D eigenvalue weighted by Crippen LogP contribution is -2.59. The van der Waals surface area contributed by atoms with E-state index in [0.717, 1.165) is 6.07 Å². The number of hydrogen-bond acceptors (Lipinski definition) is 3. The molecule has 1 saturated carbocycles. The van der Waals surface area contributed by atoms with Crippen molar-refractivity contribution in [2.24, 2.45) is 11.7 Å². The molecule has 1 aromatic heterocycles. The number of hydrogen-bond donors (Lipinski definition) is 3. The molecule has 156 valence electrons. The Morgan fingerprint density at radius 3 is 2.73 bits per heavy atom. The van der Waals surface area contributed by atoms with Crippen LogP contribution in [0.2, 0.25) is 0 Å². The molecule has 0 saturated heterocycles. The van der Waals surface area contributed by atoms with Gasteiger partial charge in [0.25, 0.3) is 5.91 Å². The van der Waals surface area contributed by atoms with Gasteiger partial charge in [-0.2, -0.15) is 13.2 Å². The molecular weight excluding hydrogens is 406 g/mol. The molecule has 0 radical (unpaired) electrons. The number of nitrogens with two attached hydrogens (primary N) is 1. The third-order valence-electron chi connectivity index (χ3n) is 4.88. The Bertz CT molecular complexity index is 1110. The van der Waals surface area contributed by atoms with Gasteiger partial charge in [0.1, 0.15) is 5.82 Å². The van der Waals surface area contributed by atoms with Gasteiger partial charge in [0.2, 0.25) is 5.54 Å². The Balaban J connectivity index is 1.82. The number of carbonyl (C=O) groups is 2. The number of urea groups is 1. The second-order valence-corrected chi connectivity index (χ2v) is 7.10. The summed E-state index contributed by atoms with van der Waals surface area (Å²) < 4.78 is 58.3. The van der Waals surface area contributed by atoms with Crippen LogP contribution in [0.4, 0.5) is 28.0 Å². The summed E-state index contributed by atoms with van der Waals surface area (Å²) in [6.07, 6.45) is -0.968. The van der Waals surface area contributed by atoms with E-state index in [1.807, 2.05) is 5.32 Å². The van der Waals surface area contributed by atoms with Gasteiger partial charge in [-0.15, -0.1) is 0 Å². The first-order chi connectivity index (χ1) is 14.1. The minimum absolute atomic E-state index is 0.0670. The predicted molar refractivity (Wildman–Crippen MR) is 96.6 cm³/mol. The molecule has 2 aromatic rings. The van der Waals surface area contributed by atoms with Crippen molar-refractivity contribution in [3.63, 3.8) is 0 Å². The maximum Gasteiger partial charge on any atom is 0.427 e. The second-order valence-electron chi connectivity index (χ2n) is 7.10. The van der Waals surface area contributed by atoms with Crippen molar-refractivity contribution >= 4 is 17.6 Å². The number of benzene rings is 1. The zero-order valence-corrected chi connectivity index (χ0v) is 15.3. The molecule has 2 aliphatic rings. The number of nitrogens with zero attached hydrogens (tertiary/aromatic N) is 2. The number of fused-ring (bicyclic) bond motifs is 1. The van der Waals surface area contributed by atoms with Gasteiger partial charge in [0.15, 0.2) is 5.82 Å². The van der Waals surface area contributed by atoms with E-state index in [4.69, 9.17) is 5.73 Å². The lowest BCUT2D eigenvalue weighted by atomic mass is 9.85. The molecule has 1 fully saturated rings. The van der Waals surface area contributed by atoms with Gasteiger partial charge in [-0.1, -0.05) is 11.8 Å². The monoisotopic (exact) mass is 421 g/mol. The van der Waals surface area contributed by atoms with Crippen LogP contribution in [0.3, 0.4) is 0 Å². The Hall–Kier alpha value is -3.55. The number of primary amides is 1. The summed E-state index contributed by atoms with van der Waals surface area (Å²) >= 11 is 0. The Morgan fingerprint density at radius 1 is 1.37 bits per heavy atom. The molecule has 1 atom stereocenters. The smallest absolute Gasteiger partial charge is 0.363 e. The highest BCUT2D eigenvalue weighted by atomic mass is 19.4. The number of rotatable bonds is 3. The summed E-state index contributed by atoms with van der Waals surface area (Å²) in [5.41, 5.74) is 1.35. The number of halogens is 4. The van der Waals surface area contributed by atoms with E-state index < -0.39 is 35.0 Å². The van der Waals surface area contributed by atoms with Crippen LogP contribution in [-0.4, -0.2) is 27.7 Å². The Labute approximate surface area is 167 Å². The molecule has 0 spiro atoms. The molecule has 3 amide bonds.